The van der Waals surface area contributed by atoms with Gasteiger partial charge < -0.3 is 10.4 Å². The number of rotatable bonds is 6. The molecule has 0 aromatic carbocycles. The summed E-state index contributed by atoms with van der Waals surface area (Å²) in [5.41, 5.74) is 1.06. The molecule has 0 amide bonds. The molecule has 0 aliphatic heterocycles. The van der Waals surface area contributed by atoms with Gasteiger partial charge in [0.2, 0.25) is 0 Å². The highest BCUT2D eigenvalue weighted by Gasteiger charge is 2.06. The molecule has 0 spiro atoms. The molecule has 5 heteroatoms. The first-order chi connectivity index (χ1) is 7.08. The zero-order valence-electron chi connectivity index (χ0n) is 10.1. The molecule has 0 aliphatic rings. The second kappa shape index (κ2) is 8.01. The van der Waals surface area contributed by atoms with Gasteiger partial charge in [0.15, 0.2) is 0 Å². The number of hydrogen-bond acceptors (Lipinski definition) is 4. The van der Waals surface area contributed by atoms with Crippen LogP contribution < -0.4 is 5.32 Å². The maximum absolute atomic E-state index is 9.62. The molecule has 94 valence electrons. The molecular weight excluding hydrogens is 244 g/mol. The SMILES string of the molecule is Cc1nc(CNCC(O)CC(C)C)cs1.Cl. The van der Waals surface area contributed by atoms with Gasteiger partial charge in [-0.25, -0.2) is 4.98 Å². The van der Waals surface area contributed by atoms with Crippen molar-refractivity contribution in [2.24, 2.45) is 5.92 Å². The van der Waals surface area contributed by atoms with E-state index in [2.05, 4.69) is 29.5 Å². The first-order valence-electron chi connectivity index (χ1n) is 5.37. The number of aryl methyl sites for hydroxylation is 1. The molecule has 1 aromatic rings. The second-order valence-electron chi connectivity index (χ2n) is 4.27. The highest BCUT2D eigenvalue weighted by Crippen LogP contribution is 2.07. The highest BCUT2D eigenvalue weighted by molar-refractivity contribution is 7.09. The van der Waals surface area contributed by atoms with E-state index in [1.165, 1.54) is 0 Å². The molecule has 2 N–H and O–H groups in total. The zero-order chi connectivity index (χ0) is 11.3. The molecule has 1 aromatic heterocycles. The Labute approximate surface area is 108 Å². The van der Waals surface area contributed by atoms with Gasteiger partial charge >= 0.3 is 0 Å². The normalized spacial score (nSPS) is 12.6. The molecule has 0 saturated heterocycles. The summed E-state index contributed by atoms with van der Waals surface area (Å²) < 4.78 is 0. The van der Waals surface area contributed by atoms with Crippen LogP contribution in [0, 0.1) is 12.8 Å². The molecule has 16 heavy (non-hydrogen) atoms. The lowest BCUT2D eigenvalue weighted by atomic mass is 10.1. The lowest BCUT2D eigenvalue weighted by Gasteiger charge is -2.13. The lowest BCUT2D eigenvalue weighted by molar-refractivity contribution is 0.146. The summed E-state index contributed by atoms with van der Waals surface area (Å²) in [5, 5.41) is 16.0. The molecule has 0 fully saturated rings. The molecule has 1 unspecified atom stereocenters. The zero-order valence-corrected chi connectivity index (χ0v) is 11.7. The topological polar surface area (TPSA) is 45.2 Å². The molecule has 0 bridgehead atoms. The van der Waals surface area contributed by atoms with Crippen molar-refractivity contribution in [1.29, 1.82) is 0 Å². The molecule has 0 saturated carbocycles. The Kier molecular flexibility index (Phi) is 7.93. The molecular formula is C11H21ClN2OS. The molecule has 1 heterocycles. The average molecular weight is 265 g/mol. The highest BCUT2D eigenvalue weighted by atomic mass is 35.5. The Balaban J connectivity index is 0.00000225. The summed E-state index contributed by atoms with van der Waals surface area (Å²) in [7, 11) is 0. The third kappa shape index (κ3) is 6.43. The summed E-state index contributed by atoms with van der Waals surface area (Å²) in [4.78, 5) is 4.34. The Morgan fingerprint density at radius 3 is 2.69 bits per heavy atom. The molecule has 0 aliphatic carbocycles. The van der Waals surface area contributed by atoms with Crippen molar-refractivity contribution in [3.63, 3.8) is 0 Å². The van der Waals surface area contributed by atoms with E-state index in [-0.39, 0.29) is 18.5 Å². The molecule has 0 radical (unpaired) electrons. The van der Waals surface area contributed by atoms with Gasteiger partial charge in [-0.2, -0.15) is 0 Å². The predicted octanol–water partition coefficient (Wildman–Crippen LogP) is 2.37. The van der Waals surface area contributed by atoms with Gasteiger partial charge in [-0.1, -0.05) is 13.8 Å². The van der Waals surface area contributed by atoms with Gasteiger partial charge in [-0.3, -0.25) is 0 Å². The van der Waals surface area contributed by atoms with E-state index in [1.54, 1.807) is 11.3 Å². The standard InChI is InChI=1S/C11H20N2OS.ClH/c1-8(2)4-11(14)6-12-5-10-7-15-9(3)13-10;/h7-8,11-12,14H,4-6H2,1-3H3;1H. The van der Waals surface area contributed by atoms with E-state index in [0.29, 0.717) is 12.5 Å². The lowest BCUT2D eigenvalue weighted by Crippen LogP contribution is -2.27. The van der Waals surface area contributed by atoms with Crippen LogP contribution in [0.4, 0.5) is 0 Å². The Morgan fingerprint density at radius 2 is 2.19 bits per heavy atom. The van der Waals surface area contributed by atoms with Crippen LogP contribution >= 0.6 is 23.7 Å². The van der Waals surface area contributed by atoms with Gasteiger partial charge in [-0.15, -0.1) is 23.7 Å². The van der Waals surface area contributed by atoms with Gasteiger partial charge in [0.1, 0.15) is 0 Å². The second-order valence-corrected chi connectivity index (χ2v) is 5.33. The maximum atomic E-state index is 9.62. The average Bonchev–Trinajstić information content (AvgIpc) is 2.50. The van der Waals surface area contributed by atoms with Crippen molar-refractivity contribution >= 4 is 23.7 Å². The van der Waals surface area contributed by atoms with Crippen LogP contribution in [-0.4, -0.2) is 22.7 Å². The number of aromatic nitrogens is 1. The number of nitrogens with one attached hydrogen (secondary N) is 1. The number of halogens is 1. The summed E-state index contributed by atoms with van der Waals surface area (Å²) in [6.07, 6.45) is 0.605. The predicted molar refractivity (Wildman–Crippen MR) is 71.3 cm³/mol. The Hall–Kier alpha value is -0.160. The monoisotopic (exact) mass is 264 g/mol. The van der Waals surface area contributed by atoms with Crippen molar-refractivity contribution in [1.82, 2.24) is 10.3 Å². The fourth-order valence-corrected chi connectivity index (χ4v) is 2.10. The third-order valence-corrected chi connectivity index (χ3v) is 2.92. The summed E-state index contributed by atoms with van der Waals surface area (Å²) in [5.74, 6) is 0.545. The Morgan fingerprint density at radius 1 is 1.50 bits per heavy atom. The van der Waals surface area contributed by atoms with Gasteiger partial charge in [-0.05, 0) is 19.3 Å². The van der Waals surface area contributed by atoms with Gasteiger partial charge in [0.25, 0.3) is 0 Å². The van der Waals surface area contributed by atoms with E-state index in [1.807, 2.05) is 6.92 Å². The molecule has 1 rings (SSSR count). The van der Waals surface area contributed by atoms with E-state index < -0.39 is 0 Å². The minimum absolute atomic E-state index is 0. The first-order valence-corrected chi connectivity index (χ1v) is 6.25. The van der Waals surface area contributed by atoms with Crippen LogP contribution in [0.3, 0.4) is 0 Å². The molecule has 1 atom stereocenters. The van der Waals surface area contributed by atoms with E-state index in [9.17, 15) is 5.11 Å². The van der Waals surface area contributed by atoms with Crippen molar-refractivity contribution in [2.75, 3.05) is 6.54 Å². The largest absolute Gasteiger partial charge is 0.392 e. The van der Waals surface area contributed by atoms with E-state index >= 15 is 0 Å². The van der Waals surface area contributed by atoms with Crippen LogP contribution in [0.25, 0.3) is 0 Å². The van der Waals surface area contributed by atoms with Gasteiger partial charge in [0, 0.05) is 18.5 Å². The maximum Gasteiger partial charge on any atom is 0.0897 e. The first kappa shape index (κ1) is 15.8. The van der Waals surface area contributed by atoms with Crippen molar-refractivity contribution < 1.29 is 5.11 Å². The smallest absolute Gasteiger partial charge is 0.0897 e. The van der Waals surface area contributed by atoms with E-state index in [4.69, 9.17) is 0 Å². The summed E-state index contributed by atoms with van der Waals surface area (Å²) in [6.45, 7) is 7.63. The molecule has 3 nitrogen and oxygen atoms in total. The fourth-order valence-electron chi connectivity index (χ4n) is 1.48. The number of thiazole rings is 1. The number of hydrogen-bond donors (Lipinski definition) is 2. The number of aliphatic hydroxyl groups is 1. The minimum atomic E-state index is -0.246. The summed E-state index contributed by atoms with van der Waals surface area (Å²) in [6, 6.07) is 0. The van der Waals surface area contributed by atoms with Crippen LogP contribution in [0.2, 0.25) is 0 Å². The number of aliphatic hydroxyl groups excluding tert-OH is 1. The van der Waals surface area contributed by atoms with E-state index in [0.717, 1.165) is 23.7 Å². The Bertz CT molecular complexity index is 291. The van der Waals surface area contributed by atoms with Crippen LogP contribution in [-0.2, 0) is 6.54 Å². The third-order valence-electron chi connectivity index (χ3n) is 2.10. The fraction of sp³-hybridized carbons (Fsp3) is 0.727. The van der Waals surface area contributed by atoms with Crippen molar-refractivity contribution in [2.45, 2.75) is 39.8 Å². The van der Waals surface area contributed by atoms with Crippen LogP contribution in [0.15, 0.2) is 5.38 Å². The quantitative estimate of drug-likeness (QED) is 0.829. The summed E-state index contributed by atoms with van der Waals surface area (Å²) >= 11 is 1.66. The van der Waals surface area contributed by atoms with Crippen LogP contribution in [0.1, 0.15) is 31.0 Å². The van der Waals surface area contributed by atoms with Gasteiger partial charge in [0.05, 0.1) is 16.8 Å². The van der Waals surface area contributed by atoms with Crippen molar-refractivity contribution in [3.05, 3.63) is 16.1 Å². The van der Waals surface area contributed by atoms with Crippen LogP contribution in [0.5, 0.6) is 0 Å². The number of nitrogens with zero attached hydrogens (tertiary/aromatic N) is 1. The van der Waals surface area contributed by atoms with Crippen molar-refractivity contribution in [3.8, 4) is 0 Å². The minimum Gasteiger partial charge on any atom is -0.392 e.